The summed E-state index contributed by atoms with van der Waals surface area (Å²) in [6.45, 7) is 3.81. The van der Waals surface area contributed by atoms with Gasteiger partial charge in [-0.25, -0.2) is 0 Å². The van der Waals surface area contributed by atoms with Crippen LogP contribution in [0.5, 0.6) is 0 Å². The molecule has 5 aliphatic rings. The van der Waals surface area contributed by atoms with Crippen LogP contribution in [-0.4, -0.2) is 30.6 Å². The van der Waals surface area contributed by atoms with Crippen LogP contribution in [0.15, 0.2) is 0 Å². The van der Waals surface area contributed by atoms with Gasteiger partial charge in [0.05, 0.1) is 0 Å². The average Bonchev–Trinajstić information content (AvgIpc) is 2.60. The van der Waals surface area contributed by atoms with Crippen molar-refractivity contribution in [1.29, 1.82) is 0 Å². The van der Waals surface area contributed by atoms with Gasteiger partial charge in [-0.2, -0.15) is 0 Å². The summed E-state index contributed by atoms with van der Waals surface area (Å²) in [6, 6.07) is 0.462. The van der Waals surface area contributed by atoms with E-state index in [1.165, 1.54) is 26.1 Å². The largest absolute Gasteiger partial charge is 0.326 e. The topological polar surface area (TPSA) is 29.3 Å². The van der Waals surface area contributed by atoms with Crippen LogP contribution in [0, 0.1) is 23.2 Å². The molecule has 4 saturated carbocycles. The lowest BCUT2D eigenvalue weighted by atomic mass is 9.49. The van der Waals surface area contributed by atoms with Crippen molar-refractivity contribution in [2.75, 3.05) is 19.6 Å². The number of nitrogens with two attached hydrogens (primary N) is 1. The molecule has 0 aromatic rings. The molecule has 5 fully saturated rings. The first-order chi connectivity index (χ1) is 8.21. The predicted molar refractivity (Wildman–Crippen MR) is 69.6 cm³/mol. The summed E-state index contributed by atoms with van der Waals surface area (Å²) in [4.78, 5) is 2.68. The Labute approximate surface area is 105 Å². The van der Waals surface area contributed by atoms with Crippen LogP contribution >= 0.6 is 0 Å². The normalized spacial score (nSPS) is 53.5. The summed E-state index contributed by atoms with van der Waals surface area (Å²) < 4.78 is 0. The fourth-order valence-corrected chi connectivity index (χ4v) is 5.96. The van der Waals surface area contributed by atoms with E-state index < -0.39 is 0 Å². The lowest BCUT2D eigenvalue weighted by molar-refractivity contribution is -0.0665. The van der Waals surface area contributed by atoms with E-state index in [0.717, 1.165) is 23.2 Å². The zero-order valence-corrected chi connectivity index (χ0v) is 10.9. The quantitative estimate of drug-likeness (QED) is 0.794. The summed E-state index contributed by atoms with van der Waals surface area (Å²) in [5.74, 6) is 3.28. The average molecular weight is 234 g/mol. The van der Waals surface area contributed by atoms with Crippen LogP contribution in [0.1, 0.15) is 44.9 Å². The Bertz CT molecular complexity index is 277. The number of hydrogen-bond acceptors (Lipinski definition) is 2. The molecule has 0 radical (unpaired) electrons. The Kier molecular flexibility index (Phi) is 2.36. The maximum atomic E-state index is 6.05. The van der Waals surface area contributed by atoms with Crippen molar-refractivity contribution in [1.82, 2.24) is 4.90 Å². The zero-order chi connectivity index (χ0) is 11.5. The second-order valence-electron chi connectivity index (χ2n) is 7.70. The predicted octanol–water partition coefficient (Wildman–Crippen LogP) is 2.24. The fourth-order valence-electron chi connectivity index (χ4n) is 5.96. The van der Waals surface area contributed by atoms with E-state index in [-0.39, 0.29) is 0 Å². The minimum atomic E-state index is 0.462. The van der Waals surface area contributed by atoms with Crippen LogP contribution < -0.4 is 5.73 Å². The lowest BCUT2D eigenvalue weighted by Crippen LogP contribution is -2.51. The summed E-state index contributed by atoms with van der Waals surface area (Å²) in [5, 5.41) is 0. The van der Waals surface area contributed by atoms with Gasteiger partial charge in [-0.15, -0.1) is 0 Å². The second-order valence-corrected chi connectivity index (χ2v) is 7.70. The summed E-state index contributed by atoms with van der Waals surface area (Å²) in [5.41, 5.74) is 6.77. The first-order valence-corrected chi connectivity index (χ1v) is 7.69. The van der Waals surface area contributed by atoms with Gasteiger partial charge in [-0.05, 0) is 74.7 Å². The van der Waals surface area contributed by atoms with Crippen molar-refractivity contribution < 1.29 is 0 Å². The van der Waals surface area contributed by atoms with Gasteiger partial charge in [0.15, 0.2) is 0 Å². The van der Waals surface area contributed by atoms with E-state index in [9.17, 15) is 0 Å². The van der Waals surface area contributed by atoms with Crippen LogP contribution in [0.2, 0.25) is 0 Å². The summed E-state index contributed by atoms with van der Waals surface area (Å²) >= 11 is 0. The monoisotopic (exact) mass is 234 g/mol. The fraction of sp³-hybridized carbons (Fsp3) is 1.00. The Morgan fingerprint density at radius 1 is 1.00 bits per heavy atom. The molecular weight excluding hydrogens is 208 g/mol. The molecule has 2 N–H and O–H groups in total. The molecule has 1 unspecified atom stereocenters. The Morgan fingerprint density at radius 3 is 2.06 bits per heavy atom. The zero-order valence-electron chi connectivity index (χ0n) is 10.9. The molecule has 1 aliphatic heterocycles. The molecule has 4 aliphatic carbocycles. The number of nitrogens with zero attached hydrogens (tertiary/aromatic N) is 1. The van der Waals surface area contributed by atoms with Crippen molar-refractivity contribution in [2.24, 2.45) is 28.9 Å². The second kappa shape index (κ2) is 3.71. The van der Waals surface area contributed by atoms with Gasteiger partial charge in [0.2, 0.25) is 0 Å². The highest BCUT2D eigenvalue weighted by molar-refractivity contribution is 5.03. The highest BCUT2D eigenvalue weighted by atomic mass is 15.2. The standard InChI is InChI=1S/C15H26N2/c16-14-1-2-17(9-14)10-15-6-11-3-12(7-15)5-13(4-11)8-15/h11-14H,1-10,16H2. The molecule has 1 atom stereocenters. The van der Waals surface area contributed by atoms with E-state index in [4.69, 9.17) is 5.73 Å². The van der Waals surface area contributed by atoms with Gasteiger partial charge in [0, 0.05) is 19.1 Å². The Hall–Kier alpha value is -0.0800. The van der Waals surface area contributed by atoms with Gasteiger partial charge in [0.25, 0.3) is 0 Å². The smallest absolute Gasteiger partial charge is 0.0180 e. The van der Waals surface area contributed by atoms with Gasteiger partial charge in [0.1, 0.15) is 0 Å². The molecule has 0 amide bonds. The molecule has 0 spiro atoms. The molecular formula is C15H26N2. The van der Waals surface area contributed by atoms with Gasteiger partial charge < -0.3 is 10.6 Å². The van der Waals surface area contributed by atoms with E-state index in [2.05, 4.69) is 4.90 Å². The van der Waals surface area contributed by atoms with Crippen molar-refractivity contribution in [2.45, 2.75) is 51.0 Å². The molecule has 96 valence electrons. The third-order valence-corrected chi connectivity index (χ3v) is 6.03. The minimum absolute atomic E-state index is 0.462. The van der Waals surface area contributed by atoms with E-state index in [0.29, 0.717) is 6.04 Å². The molecule has 0 aromatic heterocycles. The van der Waals surface area contributed by atoms with Crippen molar-refractivity contribution in [3.8, 4) is 0 Å². The van der Waals surface area contributed by atoms with Crippen LogP contribution in [0.25, 0.3) is 0 Å². The van der Waals surface area contributed by atoms with Crippen LogP contribution in [0.4, 0.5) is 0 Å². The van der Waals surface area contributed by atoms with Crippen molar-refractivity contribution >= 4 is 0 Å². The molecule has 1 heterocycles. The number of hydrogen-bond donors (Lipinski definition) is 1. The number of rotatable bonds is 2. The maximum Gasteiger partial charge on any atom is 0.0180 e. The maximum absolute atomic E-state index is 6.05. The molecule has 5 rings (SSSR count). The molecule has 17 heavy (non-hydrogen) atoms. The van der Waals surface area contributed by atoms with E-state index >= 15 is 0 Å². The SMILES string of the molecule is NC1CCN(CC23CC4CC(CC(C4)C2)C3)C1. The molecule has 0 aromatic carbocycles. The minimum Gasteiger partial charge on any atom is -0.326 e. The van der Waals surface area contributed by atoms with Crippen molar-refractivity contribution in [3.05, 3.63) is 0 Å². The van der Waals surface area contributed by atoms with E-state index in [1.807, 2.05) is 0 Å². The summed E-state index contributed by atoms with van der Waals surface area (Å²) in [7, 11) is 0. The van der Waals surface area contributed by atoms with Crippen LogP contribution in [-0.2, 0) is 0 Å². The third kappa shape index (κ3) is 1.84. The third-order valence-electron chi connectivity index (χ3n) is 6.03. The molecule has 2 heteroatoms. The van der Waals surface area contributed by atoms with Gasteiger partial charge in [-0.3, -0.25) is 0 Å². The molecule has 1 saturated heterocycles. The van der Waals surface area contributed by atoms with Gasteiger partial charge >= 0.3 is 0 Å². The summed E-state index contributed by atoms with van der Waals surface area (Å²) in [6.07, 6.45) is 10.6. The first kappa shape index (κ1) is 10.8. The molecule has 2 nitrogen and oxygen atoms in total. The number of likely N-dealkylation sites (tertiary alicyclic amines) is 1. The first-order valence-electron chi connectivity index (χ1n) is 7.69. The lowest BCUT2D eigenvalue weighted by Gasteiger charge is -2.57. The van der Waals surface area contributed by atoms with Crippen molar-refractivity contribution in [3.63, 3.8) is 0 Å². The Morgan fingerprint density at radius 2 is 1.59 bits per heavy atom. The Balaban J connectivity index is 1.49. The van der Waals surface area contributed by atoms with Crippen LogP contribution in [0.3, 0.4) is 0 Å². The highest BCUT2D eigenvalue weighted by Gasteiger charge is 2.51. The van der Waals surface area contributed by atoms with Gasteiger partial charge in [-0.1, -0.05) is 0 Å². The van der Waals surface area contributed by atoms with E-state index in [1.54, 1.807) is 38.5 Å². The molecule has 4 bridgehead atoms. The highest BCUT2D eigenvalue weighted by Crippen LogP contribution is 2.60.